The molecule has 0 radical (unpaired) electrons. The highest BCUT2D eigenvalue weighted by Crippen LogP contribution is 2.12. The summed E-state index contributed by atoms with van der Waals surface area (Å²) in [6, 6.07) is 7.59. The molecule has 0 heterocycles. The lowest BCUT2D eigenvalue weighted by Crippen LogP contribution is -2.40. The van der Waals surface area contributed by atoms with Crippen LogP contribution in [0, 0.1) is 0 Å². The molecule has 0 unspecified atom stereocenters. The standard InChI is InChI=1S/C13H20N2O3/c1-13(2,3)18-12(16)15-14-9-10-6-5-7-11(8-10)17-4/h5-8,14H,9H2,1-4H3,(H,15,16). The van der Waals surface area contributed by atoms with Gasteiger partial charge in [0.1, 0.15) is 11.4 Å². The Labute approximate surface area is 107 Å². The first-order valence-electron chi connectivity index (χ1n) is 5.75. The molecule has 5 nitrogen and oxygen atoms in total. The lowest BCUT2D eigenvalue weighted by Gasteiger charge is -2.19. The second kappa shape index (κ2) is 6.26. The summed E-state index contributed by atoms with van der Waals surface area (Å²) in [7, 11) is 1.62. The summed E-state index contributed by atoms with van der Waals surface area (Å²) < 4.78 is 10.2. The molecule has 0 saturated heterocycles. The van der Waals surface area contributed by atoms with Crippen LogP contribution in [0.5, 0.6) is 5.75 Å². The number of carbonyl (C=O) groups is 1. The van der Waals surface area contributed by atoms with Crippen molar-refractivity contribution in [3.63, 3.8) is 0 Å². The van der Waals surface area contributed by atoms with Gasteiger partial charge in [0.05, 0.1) is 7.11 Å². The summed E-state index contributed by atoms with van der Waals surface area (Å²) in [6.07, 6.45) is -0.495. The summed E-state index contributed by atoms with van der Waals surface area (Å²) in [4.78, 5) is 11.4. The van der Waals surface area contributed by atoms with Crippen molar-refractivity contribution in [2.75, 3.05) is 7.11 Å². The molecule has 0 aromatic heterocycles. The normalized spacial score (nSPS) is 10.9. The van der Waals surface area contributed by atoms with Gasteiger partial charge in [-0.3, -0.25) is 5.43 Å². The molecule has 1 aromatic carbocycles. The monoisotopic (exact) mass is 252 g/mol. The fourth-order valence-corrected chi connectivity index (χ4v) is 1.30. The van der Waals surface area contributed by atoms with Gasteiger partial charge < -0.3 is 9.47 Å². The SMILES string of the molecule is COc1cccc(CNNC(=O)OC(C)(C)C)c1. The molecule has 1 rings (SSSR count). The molecule has 0 bridgehead atoms. The van der Waals surface area contributed by atoms with Gasteiger partial charge in [0.25, 0.3) is 0 Å². The minimum absolute atomic E-state index is 0.495. The van der Waals surface area contributed by atoms with Crippen LogP contribution in [0.3, 0.4) is 0 Å². The Morgan fingerprint density at radius 3 is 2.67 bits per heavy atom. The molecule has 5 heteroatoms. The zero-order valence-electron chi connectivity index (χ0n) is 11.2. The number of hydrazine groups is 1. The predicted molar refractivity (Wildman–Crippen MR) is 69.2 cm³/mol. The van der Waals surface area contributed by atoms with Crippen LogP contribution in [0.1, 0.15) is 26.3 Å². The van der Waals surface area contributed by atoms with Gasteiger partial charge in [0.2, 0.25) is 0 Å². The van der Waals surface area contributed by atoms with Crippen LogP contribution in [0.2, 0.25) is 0 Å². The van der Waals surface area contributed by atoms with Gasteiger partial charge in [-0.2, -0.15) is 0 Å². The van der Waals surface area contributed by atoms with E-state index >= 15 is 0 Å². The second-order valence-corrected chi connectivity index (χ2v) is 4.83. The molecule has 1 amide bonds. The van der Waals surface area contributed by atoms with E-state index in [1.165, 1.54) is 0 Å². The third kappa shape index (κ3) is 5.54. The number of rotatable bonds is 4. The lowest BCUT2D eigenvalue weighted by atomic mass is 10.2. The first kappa shape index (κ1) is 14.3. The highest BCUT2D eigenvalue weighted by Gasteiger charge is 2.15. The van der Waals surface area contributed by atoms with Gasteiger partial charge in [0.15, 0.2) is 0 Å². The van der Waals surface area contributed by atoms with Crippen molar-refractivity contribution < 1.29 is 14.3 Å². The zero-order chi connectivity index (χ0) is 13.6. The third-order valence-electron chi connectivity index (χ3n) is 2.02. The maximum absolute atomic E-state index is 11.4. The summed E-state index contributed by atoms with van der Waals surface area (Å²) in [6.45, 7) is 5.94. The Kier molecular flexibility index (Phi) is 4.97. The molecule has 18 heavy (non-hydrogen) atoms. The zero-order valence-corrected chi connectivity index (χ0v) is 11.2. The van der Waals surface area contributed by atoms with Gasteiger partial charge in [0, 0.05) is 6.54 Å². The van der Waals surface area contributed by atoms with Gasteiger partial charge in [-0.15, -0.1) is 0 Å². The van der Waals surface area contributed by atoms with Gasteiger partial charge in [-0.25, -0.2) is 10.2 Å². The lowest BCUT2D eigenvalue weighted by molar-refractivity contribution is 0.0497. The largest absolute Gasteiger partial charge is 0.497 e. The fourth-order valence-electron chi connectivity index (χ4n) is 1.30. The number of amides is 1. The predicted octanol–water partition coefficient (Wildman–Crippen LogP) is 2.22. The fraction of sp³-hybridized carbons (Fsp3) is 0.462. The van der Waals surface area contributed by atoms with E-state index in [9.17, 15) is 4.79 Å². The third-order valence-corrected chi connectivity index (χ3v) is 2.02. The molecule has 2 N–H and O–H groups in total. The Morgan fingerprint density at radius 1 is 1.33 bits per heavy atom. The van der Waals surface area contributed by atoms with Crippen molar-refractivity contribution in [1.29, 1.82) is 0 Å². The first-order chi connectivity index (χ1) is 8.40. The van der Waals surface area contributed by atoms with Crippen molar-refractivity contribution >= 4 is 6.09 Å². The number of ether oxygens (including phenoxy) is 2. The molecule has 0 aliphatic carbocycles. The van der Waals surface area contributed by atoms with Crippen molar-refractivity contribution in [3.05, 3.63) is 29.8 Å². The van der Waals surface area contributed by atoms with Gasteiger partial charge in [-0.05, 0) is 38.5 Å². The van der Waals surface area contributed by atoms with E-state index in [-0.39, 0.29) is 0 Å². The number of hydrogen-bond donors (Lipinski definition) is 2. The molecule has 0 fully saturated rings. The highest BCUT2D eigenvalue weighted by molar-refractivity contribution is 5.66. The Bertz CT molecular complexity index is 399. The molecule has 0 spiro atoms. The van der Waals surface area contributed by atoms with E-state index in [4.69, 9.17) is 9.47 Å². The molecule has 0 aliphatic rings. The van der Waals surface area contributed by atoms with E-state index in [2.05, 4.69) is 10.9 Å². The van der Waals surface area contributed by atoms with Crippen LogP contribution in [0.25, 0.3) is 0 Å². The second-order valence-electron chi connectivity index (χ2n) is 4.83. The summed E-state index contributed by atoms with van der Waals surface area (Å²) in [5, 5.41) is 0. The first-order valence-corrected chi connectivity index (χ1v) is 5.75. The maximum atomic E-state index is 11.4. The quantitative estimate of drug-likeness (QED) is 0.807. The summed E-state index contributed by atoms with van der Waals surface area (Å²) >= 11 is 0. The van der Waals surface area contributed by atoms with Crippen molar-refractivity contribution in [1.82, 2.24) is 10.9 Å². The van der Waals surface area contributed by atoms with Crippen LogP contribution in [0.4, 0.5) is 4.79 Å². The Balaban J connectivity index is 2.35. The van der Waals surface area contributed by atoms with Crippen molar-refractivity contribution in [3.8, 4) is 5.75 Å². The molecule has 0 saturated carbocycles. The molecule has 100 valence electrons. The Morgan fingerprint density at radius 2 is 2.06 bits per heavy atom. The van der Waals surface area contributed by atoms with Crippen molar-refractivity contribution in [2.24, 2.45) is 0 Å². The van der Waals surface area contributed by atoms with E-state index in [0.717, 1.165) is 11.3 Å². The molecular formula is C13H20N2O3. The van der Waals surface area contributed by atoms with Crippen LogP contribution in [0.15, 0.2) is 24.3 Å². The number of benzene rings is 1. The molecular weight excluding hydrogens is 232 g/mol. The van der Waals surface area contributed by atoms with E-state index in [1.54, 1.807) is 7.11 Å². The topological polar surface area (TPSA) is 59.6 Å². The van der Waals surface area contributed by atoms with Crippen LogP contribution < -0.4 is 15.6 Å². The highest BCUT2D eigenvalue weighted by atomic mass is 16.6. The molecule has 0 atom stereocenters. The number of nitrogens with one attached hydrogen (secondary N) is 2. The van der Waals surface area contributed by atoms with Crippen LogP contribution in [-0.4, -0.2) is 18.8 Å². The average molecular weight is 252 g/mol. The van der Waals surface area contributed by atoms with E-state index in [0.29, 0.717) is 6.54 Å². The van der Waals surface area contributed by atoms with Crippen LogP contribution in [-0.2, 0) is 11.3 Å². The van der Waals surface area contributed by atoms with Gasteiger partial charge >= 0.3 is 6.09 Å². The Hall–Kier alpha value is -1.75. The van der Waals surface area contributed by atoms with E-state index < -0.39 is 11.7 Å². The van der Waals surface area contributed by atoms with Crippen LogP contribution >= 0.6 is 0 Å². The smallest absolute Gasteiger partial charge is 0.422 e. The van der Waals surface area contributed by atoms with Crippen molar-refractivity contribution in [2.45, 2.75) is 32.9 Å². The number of carbonyl (C=O) groups excluding carboxylic acids is 1. The maximum Gasteiger partial charge on any atom is 0.422 e. The van der Waals surface area contributed by atoms with E-state index in [1.807, 2.05) is 45.0 Å². The van der Waals surface area contributed by atoms with Gasteiger partial charge in [-0.1, -0.05) is 12.1 Å². The molecule has 1 aromatic rings. The minimum Gasteiger partial charge on any atom is -0.497 e. The minimum atomic E-state index is -0.498. The summed E-state index contributed by atoms with van der Waals surface area (Å²) in [5.41, 5.74) is 5.78. The number of methoxy groups -OCH3 is 1. The number of hydrogen-bond acceptors (Lipinski definition) is 4. The molecule has 0 aliphatic heterocycles. The average Bonchev–Trinajstić information content (AvgIpc) is 2.27. The summed E-state index contributed by atoms with van der Waals surface area (Å²) in [5.74, 6) is 0.784.